The minimum atomic E-state index is -0.311. The Morgan fingerprint density at radius 3 is 2.75 bits per heavy atom. The molecule has 0 unspecified atom stereocenters. The summed E-state index contributed by atoms with van der Waals surface area (Å²) < 4.78 is 4.48. The van der Waals surface area contributed by atoms with E-state index < -0.39 is 0 Å². The zero-order valence-electron chi connectivity index (χ0n) is 8.04. The van der Waals surface area contributed by atoms with Crippen LogP contribution in [0.4, 0.5) is 0 Å². The smallest absolute Gasteiger partial charge is 0.276 e. The summed E-state index contributed by atoms with van der Waals surface area (Å²) in [6.45, 7) is 0. The molecule has 2 heterocycles. The van der Waals surface area contributed by atoms with Gasteiger partial charge in [0.05, 0.1) is 0 Å². The van der Waals surface area contributed by atoms with Crippen LogP contribution >= 0.6 is 0 Å². The van der Waals surface area contributed by atoms with Crippen molar-refractivity contribution in [2.75, 3.05) is 0 Å². The number of benzene rings is 1. The van der Waals surface area contributed by atoms with Crippen molar-refractivity contribution in [3.05, 3.63) is 40.7 Å². The monoisotopic (exact) mass is 214 g/mol. The molecule has 78 valence electrons. The summed E-state index contributed by atoms with van der Waals surface area (Å²) in [7, 11) is 0. The van der Waals surface area contributed by atoms with Crippen LogP contribution in [0.3, 0.4) is 0 Å². The maximum Gasteiger partial charge on any atom is 0.276 e. The zero-order valence-corrected chi connectivity index (χ0v) is 8.04. The molecular formula is C10H6N4O2. The van der Waals surface area contributed by atoms with Gasteiger partial charge in [0.2, 0.25) is 11.3 Å². The lowest BCUT2D eigenvalue weighted by Crippen LogP contribution is -2.11. The van der Waals surface area contributed by atoms with E-state index in [1.165, 1.54) is 0 Å². The second-order valence-electron chi connectivity index (χ2n) is 3.22. The molecule has 0 aliphatic heterocycles. The third-order valence-corrected chi connectivity index (χ3v) is 2.18. The van der Waals surface area contributed by atoms with Crippen molar-refractivity contribution in [2.45, 2.75) is 0 Å². The Morgan fingerprint density at radius 1 is 1.12 bits per heavy atom. The zero-order chi connectivity index (χ0) is 11.0. The van der Waals surface area contributed by atoms with Crippen molar-refractivity contribution in [2.24, 2.45) is 0 Å². The van der Waals surface area contributed by atoms with Crippen LogP contribution in [0.25, 0.3) is 22.6 Å². The Hall–Kier alpha value is -2.50. The number of hydrogen-bond donors (Lipinski definition) is 1. The summed E-state index contributed by atoms with van der Waals surface area (Å²) in [6, 6.07) is 9.14. The second-order valence-corrected chi connectivity index (χ2v) is 3.22. The van der Waals surface area contributed by atoms with Crippen molar-refractivity contribution in [3.63, 3.8) is 0 Å². The van der Waals surface area contributed by atoms with Crippen LogP contribution in [-0.4, -0.2) is 20.3 Å². The van der Waals surface area contributed by atoms with Gasteiger partial charge < -0.3 is 0 Å². The standard InChI is InChI=1S/C10H6N4O2/c15-10-7(6-4-2-1-3-5-6)11-8-9(12-10)14-16-13-8/h1-5H,(H,12,14,15). The van der Waals surface area contributed by atoms with Crippen LogP contribution in [0.15, 0.2) is 39.8 Å². The predicted molar refractivity (Wildman–Crippen MR) is 55.7 cm³/mol. The number of nitrogens with one attached hydrogen (secondary N) is 1. The van der Waals surface area contributed by atoms with Crippen LogP contribution < -0.4 is 5.56 Å². The molecule has 3 aromatic rings. The molecule has 0 saturated heterocycles. The summed E-state index contributed by atoms with van der Waals surface area (Å²) in [5, 5.41) is 7.09. The Bertz CT molecular complexity index is 687. The molecule has 16 heavy (non-hydrogen) atoms. The molecule has 3 rings (SSSR count). The average Bonchev–Trinajstić information content (AvgIpc) is 2.76. The molecule has 0 atom stereocenters. The van der Waals surface area contributed by atoms with E-state index in [4.69, 9.17) is 0 Å². The molecule has 0 spiro atoms. The molecule has 0 saturated carbocycles. The summed E-state index contributed by atoms with van der Waals surface area (Å²) in [4.78, 5) is 18.3. The number of hydrogen-bond acceptors (Lipinski definition) is 5. The van der Waals surface area contributed by atoms with E-state index in [0.29, 0.717) is 11.3 Å². The third kappa shape index (κ3) is 1.28. The number of aromatic nitrogens is 4. The molecule has 1 N–H and O–H groups in total. The molecule has 0 bridgehead atoms. The van der Waals surface area contributed by atoms with Gasteiger partial charge in [-0.15, -0.1) is 0 Å². The number of rotatable bonds is 1. The van der Waals surface area contributed by atoms with Crippen molar-refractivity contribution >= 4 is 11.3 Å². The fraction of sp³-hybridized carbons (Fsp3) is 0. The van der Waals surface area contributed by atoms with E-state index in [1.54, 1.807) is 12.1 Å². The first-order valence-corrected chi connectivity index (χ1v) is 4.62. The topological polar surface area (TPSA) is 84.7 Å². The highest BCUT2D eigenvalue weighted by atomic mass is 16.6. The van der Waals surface area contributed by atoms with Gasteiger partial charge >= 0.3 is 0 Å². The van der Waals surface area contributed by atoms with Crippen LogP contribution in [0.2, 0.25) is 0 Å². The van der Waals surface area contributed by atoms with Gasteiger partial charge in [-0.2, -0.15) is 0 Å². The lowest BCUT2D eigenvalue weighted by atomic mass is 10.2. The summed E-state index contributed by atoms with van der Waals surface area (Å²) in [6.07, 6.45) is 0. The highest BCUT2D eigenvalue weighted by Crippen LogP contribution is 2.13. The molecule has 2 aromatic heterocycles. The van der Waals surface area contributed by atoms with Gasteiger partial charge in [0, 0.05) is 5.56 Å². The van der Waals surface area contributed by atoms with E-state index in [2.05, 4.69) is 24.9 Å². The number of H-pyrrole nitrogens is 1. The molecule has 0 radical (unpaired) electrons. The first-order chi connectivity index (χ1) is 7.84. The first-order valence-electron chi connectivity index (χ1n) is 4.62. The molecular weight excluding hydrogens is 208 g/mol. The molecule has 0 fully saturated rings. The molecule has 6 heteroatoms. The van der Waals surface area contributed by atoms with Gasteiger partial charge in [-0.3, -0.25) is 9.78 Å². The minimum absolute atomic E-state index is 0.254. The normalized spacial score (nSPS) is 10.8. The molecule has 0 aliphatic carbocycles. The number of fused-ring (bicyclic) bond motifs is 1. The van der Waals surface area contributed by atoms with Gasteiger partial charge in [-0.25, -0.2) is 9.61 Å². The molecule has 0 amide bonds. The van der Waals surface area contributed by atoms with E-state index >= 15 is 0 Å². The van der Waals surface area contributed by atoms with Gasteiger partial charge in [-0.05, 0) is 10.3 Å². The van der Waals surface area contributed by atoms with E-state index in [0.717, 1.165) is 5.56 Å². The quantitative estimate of drug-likeness (QED) is 0.652. The minimum Gasteiger partial charge on any atom is -0.299 e. The Balaban J connectivity index is 2.31. The molecule has 6 nitrogen and oxygen atoms in total. The maximum absolute atomic E-state index is 11.7. The van der Waals surface area contributed by atoms with Crippen LogP contribution in [0.5, 0.6) is 0 Å². The van der Waals surface area contributed by atoms with Crippen molar-refractivity contribution in [3.8, 4) is 11.3 Å². The first kappa shape index (κ1) is 8.78. The van der Waals surface area contributed by atoms with Gasteiger partial charge in [0.1, 0.15) is 5.69 Å². The summed E-state index contributed by atoms with van der Waals surface area (Å²) >= 11 is 0. The summed E-state index contributed by atoms with van der Waals surface area (Å²) in [5.41, 5.74) is 1.27. The average molecular weight is 214 g/mol. The van der Waals surface area contributed by atoms with Gasteiger partial charge in [0.15, 0.2) is 0 Å². The lowest BCUT2D eigenvalue weighted by molar-refractivity contribution is 0.314. The molecule has 1 aromatic carbocycles. The van der Waals surface area contributed by atoms with Crippen LogP contribution in [-0.2, 0) is 0 Å². The maximum atomic E-state index is 11.7. The highest BCUT2D eigenvalue weighted by molar-refractivity contribution is 5.68. The Kier molecular flexibility index (Phi) is 1.79. The summed E-state index contributed by atoms with van der Waals surface area (Å²) in [5.74, 6) is 0. The van der Waals surface area contributed by atoms with Crippen molar-refractivity contribution in [1.29, 1.82) is 0 Å². The molecule has 0 aliphatic rings. The van der Waals surface area contributed by atoms with Gasteiger partial charge in [-0.1, -0.05) is 30.3 Å². The lowest BCUT2D eigenvalue weighted by Gasteiger charge is -1.97. The van der Waals surface area contributed by atoms with Gasteiger partial charge in [0.25, 0.3) is 5.56 Å². The fourth-order valence-electron chi connectivity index (χ4n) is 1.45. The van der Waals surface area contributed by atoms with Crippen molar-refractivity contribution < 1.29 is 4.63 Å². The number of aromatic amines is 1. The van der Waals surface area contributed by atoms with Crippen LogP contribution in [0, 0.1) is 0 Å². The Labute approximate surface area is 88.9 Å². The van der Waals surface area contributed by atoms with E-state index in [9.17, 15) is 4.79 Å². The number of nitrogens with zero attached hydrogens (tertiary/aromatic N) is 3. The Morgan fingerprint density at radius 2 is 1.94 bits per heavy atom. The van der Waals surface area contributed by atoms with E-state index in [1.807, 2.05) is 18.2 Å². The SMILES string of the molecule is O=c1[nH]c2nonc2nc1-c1ccccc1. The van der Waals surface area contributed by atoms with Crippen LogP contribution in [0.1, 0.15) is 0 Å². The predicted octanol–water partition coefficient (Wildman–Crippen LogP) is 0.973. The largest absolute Gasteiger partial charge is 0.299 e. The second kappa shape index (κ2) is 3.27. The van der Waals surface area contributed by atoms with Crippen molar-refractivity contribution in [1.82, 2.24) is 20.3 Å². The fourth-order valence-corrected chi connectivity index (χ4v) is 1.45. The van der Waals surface area contributed by atoms with E-state index in [-0.39, 0.29) is 11.2 Å². The highest BCUT2D eigenvalue weighted by Gasteiger charge is 2.09. The third-order valence-electron chi connectivity index (χ3n) is 2.18.